The van der Waals surface area contributed by atoms with Crippen molar-refractivity contribution < 1.29 is 33.1 Å². The van der Waals surface area contributed by atoms with E-state index in [-0.39, 0.29) is 11.8 Å². The Morgan fingerprint density at radius 1 is 1.43 bits per heavy atom. The maximum Gasteiger partial charge on any atom is 0.416 e. The van der Waals surface area contributed by atoms with Crippen LogP contribution in [0.4, 0.5) is 23.7 Å². The van der Waals surface area contributed by atoms with E-state index in [1.165, 1.54) is 6.07 Å². The van der Waals surface area contributed by atoms with Crippen molar-refractivity contribution in [3.8, 4) is 0 Å². The van der Waals surface area contributed by atoms with Gasteiger partial charge in [0.2, 0.25) is 0 Å². The number of hydrogen-bond donors (Lipinski definition) is 2. The molecule has 0 spiro atoms. The average Bonchev–Trinajstić information content (AvgIpc) is 2.37. The molecule has 1 aromatic carbocycles. The molecule has 2 rings (SSSR count). The SMILES string of the molecule is O=C([O-])Nc1cc(CC2C[NH2+]CCO2)cc(C(F)(F)F)c1. The summed E-state index contributed by atoms with van der Waals surface area (Å²) >= 11 is 0. The molecule has 1 aliphatic heterocycles. The van der Waals surface area contributed by atoms with E-state index in [1.807, 2.05) is 10.6 Å². The summed E-state index contributed by atoms with van der Waals surface area (Å²) in [5.41, 5.74) is -0.683. The fourth-order valence-electron chi connectivity index (χ4n) is 2.26. The monoisotopic (exact) mass is 304 g/mol. The minimum absolute atomic E-state index is 0.153. The Balaban J connectivity index is 2.23. The molecule has 1 heterocycles. The lowest BCUT2D eigenvalue weighted by Gasteiger charge is -2.22. The van der Waals surface area contributed by atoms with E-state index in [2.05, 4.69) is 0 Å². The summed E-state index contributed by atoms with van der Waals surface area (Å²) in [6.45, 7) is 2.05. The Labute approximate surface area is 119 Å². The molecular formula is C13H15F3N2O3. The maximum atomic E-state index is 12.8. The standard InChI is InChI=1S/C13H15F3N2O3/c14-13(15,16)9-3-8(4-10(6-9)18-12(19)20)5-11-7-17-1-2-21-11/h3-4,6,11,17-18H,1-2,5,7H2,(H,19,20). The zero-order chi connectivity index (χ0) is 15.5. The number of nitrogens with two attached hydrogens (primary N) is 1. The molecule has 0 bridgehead atoms. The largest absolute Gasteiger partial charge is 0.530 e. The molecule has 1 atom stereocenters. The quantitative estimate of drug-likeness (QED) is 0.823. The molecule has 3 N–H and O–H groups in total. The maximum absolute atomic E-state index is 12.8. The summed E-state index contributed by atoms with van der Waals surface area (Å²) in [6.07, 6.45) is -6.08. The first-order valence-electron chi connectivity index (χ1n) is 6.47. The molecule has 21 heavy (non-hydrogen) atoms. The molecule has 5 nitrogen and oxygen atoms in total. The summed E-state index contributed by atoms with van der Waals surface area (Å²) in [7, 11) is 0. The van der Waals surface area contributed by atoms with Crippen molar-refractivity contribution in [3.63, 3.8) is 0 Å². The van der Waals surface area contributed by atoms with E-state index in [4.69, 9.17) is 4.74 Å². The van der Waals surface area contributed by atoms with Crippen molar-refractivity contribution in [1.29, 1.82) is 0 Å². The van der Waals surface area contributed by atoms with Crippen LogP contribution in [0, 0.1) is 0 Å². The minimum atomic E-state index is -4.54. The lowest BCUT2D eigenvalue weighted by molar-refractivity contribution is -0.677. The van der Waals surface area contributed by atoms with Gasteiger partial charge in [0.1, 0.15) is 18.7 Å². The summed E-state index contributed by atoms with van der Waals surface area (Å²) < 4.78 is 44.0. The fourth-order valence-corrected chi connectivity index (χ4v) is 2.26. The predicted molar refractivity (Wildman–Crippen MR) is 65.6 cm³/mol. The molecule has 0 aromatic heterocycles. The van der Waals surface area contributed by atoms with Crippen LogP contribution < -0.4 is 15.7 Å². The van der Waals surface area contributed by atoms with Gasteiger partial charge in [0.15, 0.2) is 0 Å². The second-order valence-electron chi connectivity index (χ2n) is 4.84. The van der Waals surface area contributed by atoms with Crippen molar-refractivity contribution in [2.75, 3.05) is 25.0 Å². The third kappa shape index (κ3) is 4.61. The predicted octanol–water partition coefficient (Wildman–Crippen LogP) is -0.0347. The topological polar surface area (TPSA) is 78.0 Å². The summed E-state index contributed by atoms with van der Waals surface area (Å²) in [6, 6.07) is 3.12. The van der Waals surface area contributed by atoms with E-state index < -0.39 is 17.8 Å². The Morgan fingerprint density at radius 2 is 2.19 bits per heavy atom. The van der Waals surface area contributed by atoms with Gasteiger partial charge in [-0.25, -0.2) is 0 Å². The highest BCUT2D eigenvalue weighted by Crippen LogP contribution is 2.32. The highest BCUT2D eigenvalue weighted by atomic mass is 19.4. The number of rotatable bonds is 3. The Hall–Kier alpha value is -1.80. The zero-order valence-corrected chi connectivity index (χ0v) is 11.1. The molecule has 0 saturated carbocycles. The van der Waals surface area contributed by atoms with Gasteiger partial charge in [-0.2, -0.15) is 13.2 Å². The number of carbonyl (C=O) groups excluding carboxylic acids is 1. The summed E-state index contributed by atoms with van der Waals surface area (Å²) in [5.74, 6) is 0. The Bertz CT molecular complexity index is 514. The highest BCUT2D eigenvalue weighted by molar-refractivity contribution is 5.81. The van der Waals surface area contributed by atoms with Gasteiger partial charge in [0.05, 0.1) is 18.7 Å². The summed E-state index contributed by atoms with van der Waals surface area (Å²) in [4.78, 5) is 10.5. The van der Waals surface area contributed by atoms with E-state index in [9.17, 15) is 23.1 Å². The number of carbonyl (C=O) groups is 1. The van der Waals surface area contributed by atoms with Crippen LogP contribution in [0.2, 0.25) is 0 Å². The van der Waals surface area contributed by atoms with Crippen LogP contribution in [0.5, 0.6) is 0 Å². The number of carboxylic acid groups (broad SMARTS) is 1. The number of quaternary nitrogens is 1. The van der Waals surface area contributed by atoms with Gasteiger partial charge in [0.25, 0.3) is 0 Å². The lowest BCUT2D eigenvalue weighted by Crippen LogP contribution is -2.89. The van der Waals surface area contributed by atoms with Gasteiger partial charge in [-0.15, -0.1) is 0 Å². The van der Waals surface area contributed by atoms with Gasteiger partial charge in [-0.3, -0.25) is 0 Å². The average molecular weight is 304 g/mol. The van der Waals surface area contributed by atoms with E-state index in [0.717, 1.165) is 18.7 Å². The van der Waals surface area contributed by atoms with Gasteiger partial charge in [-0.05, 0) is 23.8 Å². The molecular weight excluding hydrogens is 289 g/mol. The minimum Gasteiger partial charge on any atom is -0.530 e. The van der Waals surface area contributed by atoms with Crippen LogP contribution in [0.15, 0.2) is 18.2 Å². The van der Waals surface area contributed by atoms with Crippen molar-refractivity contribution >= 4 is 11.8 Å². The smallest absolute Gasteiger partial charge is 0.416 e. The van der Waals surface area contributed by atoms with E-state index >= 15 is 0 Å². The molecule has 1 unspecified atom stereocenters. The van der Waals surface area contributed by atoms with Gasteiger partial charge in [0, 0.05) is 12.1 Å². The number of halogens is 3. The number of amides is 1. The van der Waals surface area contributed by atoms with E-state index in [0.29, 0.717) is 25.1 Å². The van der Waals surface area contributed by atoms with Crippen LogP contribution in [-0.4, -0.2) is 31.9 Å². The first-order valence-corrected chi connectivity index (χ1v) is 6.47. The molecule has 1 aliphatic rings. The Kier molecular flexibility index (Phi) is 4.69. The molecule has 1 aromatic rings. The number of morpholine rings is 1. The third-order valence-corrected chi connectivity index (χ3v) is 3.13. The van der Waals surface area contributed by atoms with Crippen molar-refractivity contribution in [1.82, 2.24) is 0 Å². The van der Waals surface area contributed by atoms with Crippen LogP contribution in [0.3, 0.4) is 0 Å². The van der Waals surface area contributed by atoms with Crippen molar-refractivity contribution in [2.45, 2.75) is 18.7 Å². The molecule has 116 valence electrons. The van der Waals surface area contributed by atoms with Gasteiger partial charge in [-0.1, -0.05) is 0 Å². The molecule has 0 radical (unpaired) electrons. The summed E-state index contributed by atoms with van der Waals surface area (Å²) in [5, 5.41) is 14.4. The highest BCUT2D eigenvalue weighted by Gasteiger charge is 2.31. The lowest BCUT2D eigenvalue weighted by atomic mass is 10.0. The van der Waals surface area contributed by atoms with Gasteiger partial charge >= 0.3 is 6.18 Å². The molecule has 0 aliphatic carbocycles. The first-order chi connectivity index (χ1) is 9.84. The number of benzene rings is 1. The normalized spacial score (nSPS) is 19.3. The fraction of sp³-hybridized carbons (Fsp3) is 0.462. The second-order valence-corrected chi connectivity index (χ2v) is 4.84. The van der Waals surface area contributed by atoms with Crippen LogP contribution in [0.1, 0.15) is 11.1 Å². The Morgan fingerprint density at radius 3 is 2.76 bits per heavy atom. The first kappa shape index (κ1) is 15.6. The molecule has 1 fully saturated rings. The van der Waals surface area contributed by atoms with Crippen molar-refractivity contribution in [3.05, 3.63) is 29.3 Å². The van der Waals surface area contributed by atoms with Gasteiger partial charge < -0.3 is 25.3 Å². The number of alkyl halides is 3. The molecule has 1 saturated heterocycles. The second kappa shape index (κ2) is 6.31. The molecule has 1 amide bonds. The van der Waals surface area contributed by atoms with Crippen LogP contribution in [0.25, 0.3) is 0 Å². The van der Waals surface area contributed by atoms with Crippen LogP contribution >= 0.6 is 0 Å². The number of nitrogens with one attached hydrogen (secondary N) is 1. The van der Waals surface area contributed by atoms with Crippen LogP contribution in [-0.2, 0) is 17.3 Å². The number of anilines is 1. The zero-order valence-electron chi connectivity index (χ0n) is 11.1. The van der Waals surface area contributed by atoms with E-state index in [1.54, 1.807) is 0 Å². The third-order valence-electron chi connectivity index (χ3n) is 3.13. The number of ether oxygens (including phenoxy) is 1. The number of hydrogen-bond acceptors (Lipinski definition) is 3. The molecule has 8 heteroatoms. The van der Waals surface area contributed by atoms with Crippen molar-refractivity contribution in [2.24, 2.45) is 0 Å².